The number of nitrogens with one attached hydrogen (secondary N) is 2. The van der Waals surface area contributed by atoms with Crippen molar-refractivity contribution in [3.8, 4) is 17.2 Å². The molecule has 2 aromatic rings. The third-order valence-corrected chi connectivity index (χ3v) is 6.17. The van der Waals surface area contributed by atoms with Gasteiger partial charge in [0.25, 0.3) is 0 Å². The number of nitrogens with zero attached hydrogens (tertiary/aromatic N) is 1. The summed E-state index contributed by atoms with van der Waals surface area (Å²) in [4.78, 5) is 2.52. The standard InChI is InChI=1S/C22H27N3O3S/c1-23-20-18(27-3)10-14-7-8-25-11-15-13(5-6-17(26-2)22(15)28-4)9-16(25)19(14)21(20)24-12-29/h5-6,10,12,16,23H,7-9,11H2,1-4H3,(H,24,29). The van der Waals surface area contributed by atoms with Crippen LogP contribution in [0.1, 0.15) is 28.3 Å². The quantitative estimate of drug-likeness (QED) is 0.699. The van der Waals surface area contributed by atoms with Gasteiger partial charge in [-0.15, -0.1) is 0 Å². The molecule has 0 bridgehead atoms. The van der Waals surface area contributed by atoms with Gasteiger partial charge in [0.05, 0.1) is 32.5 Å². The Kier molecular flexibility index (Phi) is 5.52. The highest BCUT2D eigenvalue weighted by molar-refractivity contribution is 7.79. The second-order valence-corrected chi connectivity index (χ2v) is 7.53. The summed E-state index contributed by atoms with van der Waals surface area (Å²) in [6.07, 6.45) is 1.87. The van der Waals surface area contributed by atoms with Gasteiger partial charge in [-0.1, -0.05) is 18.3 Å². The zero-order chi connectivity index (χ0) is 20.5. The molecule has 0 saturated carbocycles. The number of ether oxygens (including phenoxy) is 3. The van der Waals surface area contributed by atoms with Crippen molar-refractivity contribution in [3.63, 3.8) is 0 Å². The van der Waals surface area contributed by atoms with Crippen LogP contribution in [0, 0.1) is 0 Å². The van der Waals surface area contributed by atoms with Crippen molar-refractivity contribution >= 4 is 29.1 Å². The van der Waals surface area contributed by atoms with E-state index < -0.39 is 0 Å². The van der Waals surface area contributed by atoms with Crippen LogP contribution in [0.15, 0.2) is 18.2 Å². The first kappa shape index (κ1) is 19.8. The van der Waals surface area contributed by atoms with Gasteiger partial charge in [0.1, 0.15) is 11.4 Å². The molecule has 7 heteroatoms. The first-order valence-electron chi connectivity index (χ1n) is 9.75. The lowest BCUT2D eigenvalue weighted by molar-refractivity contribution is 0.158. The van der Waals surface area contributed by atoms with Gasteiger partial charge in [-0.2, -0.15) is 0 Å². The third kappa shape index (κ3) is 3.18. The van der Waals surface area contributed by atoms with Crippen LogP contribution in [0.3, 0.4) is 0 Å². The molecule has 2 aliphatic heterocycles. The Morgan fingerprint density at radius 1 is 1.07 bits per heavy atom. The predicted octanol–water partition coefficient (Wildman–Crippen LogP) is 3.78. The largest absolute Gasteiger partial charge is 0.494 e. The van der Waals surface area contributed by atoms with Gasteiger partial charge in [-0.3, -0.25) is 4.90 Å². The van der Waals surface area contributed by atoms with Gasteiger partial charge in [0.2, 0.25) is 0 Å². The summed E-state index contributed by atoms with van der Waals surface area (Å²) < 4.78 is 16.9. The molecule has 6 nitrogen and oxygen atoms in total. The summed E-state index contributed by atoms with van der Waals surface area (Å²) in [5.74, 6) is 2.46. The Hall–Kier alpha value is -2.51. The van der Waals surface area contributed by atoms with Gasteiger partial charge >= 0.3 is 0 Å². The fourth-order valence-electron chi connectivity index (χ4n) is 4.76. The first-order valence-corrected chi connectivity index (χ1v) is 10.2. The summed E-state index contributed by atoms with van der Waals surface area (Å²) in [6.45, 7) is 1.81. The van der Waals surface area contributed by atoms with Crippen molar-refractivity contribution in [2.45, 2.75) is 25.4 Å². The van der Waals surface area contributed by atoms with E-state index in [1.807, 2.05) is 13.1 Å². The molecule has 29 heavy (non-hydrogen) atoms. The summed E-state index contributed by atoms with van der Waals surface area (Å²) in [7, 11) is 7.01. The minimum absolute atomic E-state index is 0.264. The Morgan fingerprint density at radius 3 is 2.52 bits per heavy atom. The minimum atomic E-state index is 0.264. The van der Waals surface area contributed by atoms with Gasteiger partial charge < -0.3 is 24.8 Å². The molecule has 0 amide bonds. The maximum absolute atomic E-state index is 5.70. The van der Waals surface area contributed by atoms with E-state index in [1.54, 1.807) is 26.8 Å². The van der Waals surface area contributed by atoms with E-state index in [-0.39, 0.29) is 6.04 Å². The van der Waals surface area contributed by atoms with Crippen LogP contribution in [0.5, 0.6) is 17.2 Å². The Labute approximate surface area is 177 Å². The lowest BCUT2D eigenvalue weighted by Gasteiger charge is -2.43. The molecule has 0 spiro atoms. The van der Waals surface area contributed by atoms with Crippen molar-refractivity contribution in [1.82, 2.24) is 4.90 Å². The zero-order valence-corrected chi connectivity index (χ0v) is 18.1. The zero-order valence-electron chi connectivity index (χ0n) is 17.3. The van der Waals surface area contributed by atoms with Gasteiger partial charge in [-0.05, 0) is 41.7 Å². The summed E-state index contributed by atoms with van der Waals surface area (Å²) >= 11 is 5.15. The van der Waals surface area contributed by atoms with Crippen molar-refractivity contribution in [2.24, 2.45) is 0 Å². The first-order chi connectivity index (χ1) is 14.2. The second-order valence-electron chi connectivity index (χ2n) is 7.29. The highest BCUT2D eigenvalue weighted by Crippen LogP contribution is 2.49. The monoisotopic (exact) mass is 413 g/mol. The summed E-state index contributed by atoms with van der Waals surface area (Å²) in [5.41, 5.74) is 8.64. The molecule has 154 valence electrons. The smallest absolute Gasteiger partial charge is 0.165 e. The Bertz CT molecular complexity index is 948. The molecule has 2 aliphatic rings. The van der Waals surface area contributed by atoms with Crippen LogP contribution < -0.4 is 24.8 Å². The fourth-order valence-corrected chi connectivity index (χ4v) is 4.88. The van der Waals surface area contributed by atoms with Crippen LogP contribution in [-0.4, -0.2) is 45.3 Å². The molecular formula is C22H27N3O3S. The average molecular weight is 414 g/mol. The molecule has 1 atom stereocenters. The van der Waals surface area contributed by atoms with Crippen molar-refractivity contribution in [3.05, 3.63) is 40.5 Å². The normalized spacial score (nSPS) is 17.4. The Balaban J connectivity index is 1.85. The molecule has 1 unspecified atom stereocenters. The second kappa shape index (κ2) is 8.08. The maximum atomic E-state index is 5.70. The van der Waals surface area contributed by atoms with Crippen LogP contribution >= 0.6 is 12.2 Å². The van der Waals surface area contributed by atoms with E-state index in [0.29, 0.717) is 0 Å². The highest BCUT2D eigenvalue weighted by Gasteiger charge is 2.37. The van der Waals surface area contributed by atoms with Crippen LogP contribution in [0.4, 0.5) is 11.4 Å². The number of hydrogen-bond donors (Lipinski definition) is 2. The lowest BCUT2D eigenvalue weighted by atomic mass is 9.82. The number of rotatable bonds is 6. The van der Waals surface area contributed by atoms with E-state index in [2.05, 4.69) is 27.7 Å². The number of benzene rings is 2. The average Bonchev–Trinajstić information content (AvgIpc) is 2.76. The third-order valence-electron chi connectivity index (χ3n) is 6.05. The SMILES string of the molecule is CNc1c(OC)cc2c(c1NC=S)C1Cc3ccc(OC)c(OC)c3CN1CC2. The molecule has 0 aromatic heterocycles. The molecule has 2 N–H and O–H groups in total. The van der Waals surface area contributed by atoms with Crippen molar-refractivity contribution in [1.29, 1.82) is 0 Å². The molecule has 0 saturated heterocycles. The van der Waals surface area contributed by atoms with E-state index >= 15 is 0 Å². The molecule has 0 radical (unpaired) electrons. The number of hydrogen-bond acceptors (Lipinski definition) is 6. The van der Waals surface area contributed by atoms with Crippen LogP contribution in [0.25, 0.3) is 0 Å². The summed E-state index contributed by atoms with van der Waals surface area (Å²) in [5, 5.41) is 6.59. The number of anilines is 2. The predicted molar refractivity (Wildman–Crippen MR) is 120 cm³/mol. The number of fused-ring (bicyclic) bond motifs is 4. The Morgan fingerprint density at radius 2 is 1.86 bits per heavy atom. The van der Waals surface area contributed by atoms with Crippen molar-refractivity contribution in [2.75, 3.05) is 45.6 Å². The van der Waals surface area contributed by atoms with Gasteiger partial charge in [0.15, 0.2) is 11.5 Å². The van der Waals surface area contributed by atoms with Gasteiger partial charge in [-0.25, -0.2) is 0 Å². The fraction of sp³-hybridized carbons (Fsp3) is 0.409. The minimum Gasteiger partial charge on any atom is -0.494 e. The van der Waals surface area contributed by atoms with E-state index in [4.69, 9.17) is 26.4 Å². The molecule has 2 heterocycles. The summed E-state index contributed by atoms with van der Waals surface area (Å²) in [6, 6.07) is 6.59. The number of methoxy groups -OCH3 is 3. The van der Waals surface area contributed by atoms with Crippen LogP contribution in [0.2, 0.25) is 0 Å². The maximum Gasteiger partial charge on any atom is 0.165 e. The van der Waals surface area contributed by atoms with E-state index in [1.165, 1.54) is 22.3 Å². The molecule has 0 aliphatic carbocycles. The molecule has 4 rings (SSSR count). The lowest BCUT2D eigenvalue weighted by Crippen LogP contribution is -2.40. The molecule has 0 fully saturated rings. The molecule has 2 aromatic carbocycles. The van der Waals surface area contributed by atoms with Crippen molar-refractivity contribution < 1.29 is 14.2 Å². The van der Waals surface area contributed by atoms with Crippen LogP contribution in [-0.2, 0) is 19.4 Å². The highest BCUT2D eigenvalue weighted by atomic mass is 32.1. The topological polar surface area (TPSA) is 55.0 Å². The molecular weight excluding hydrogens is 386 g/mol. The van der Waals surface area contributed by atoms with E-state index in [0.717, 1.165) is 54.6 Å². The van der Waals surface area contributed by atoms with Gasteiger partial charge in [0, 0.05) is 31.7 Å². The number of thiocarbonyl (C=S) groups is 1. The van der Waals surface area contributed by atoms with E-state index in [9.17, 15) is 0 Å².